The minimum absolute atomic E-state index is 0.0411. The van der Waals surface area contributed by atoms with Gasteiger partial charge in [0.05, 0.1) is 36.6 Å². The fourth-order valence-electron chi connectivity index (χ4n) is 13.3. The molecule has 2 heterocycles. The van der Waals surface area contributed by atoms with Gasteiger partial charge in [-0.1, -0.05) is 46.3 Å². The van der Waals surface area contributed by atoms with Gasteiger partial charge in [0.2, 0.25) is 0 Å². The van der Waals surface area contributed by atoms with E-state index in [1.807, 2.05) is 20.8 Å². The molecule has 6 rings (SSSR count). The zero-order valence-electron chi connectivity index (χ0n) is 34.4. The Bertz CT molecular complexity index is 1390. The topological polar surface area (TPSA) is 219 Å². The number of aliphatic hydroxyl groups excluding tert-OH is 8. The van der Waals surface area contributed by atoms with Crippen molar-refractivity contribution in [3.63, 3.8) is 0 Å². The van der Waals surface area contributed by atoms with Crippen molar-refractivity contribution in [3.05, 3.63) is 11.6 Å². The van der Waals surface area contributed by atoms with E-state index in [1.165, 1.54) is 12.5 Å². The molecule has 0 aromatic heterocycles. The van der Waals surface area contributed by atoms with Gasteiger partial charge < -0.3 is 64.9 Å². The second-order valence-electron chi connectivity index (χ2n) is 20.3. The molecule has 0 radical (unpaired) electrons. The molecule has 0 amide bonds. The summed E-state index contributed by atoms with van der Waals surface area (Å²) in [5, 5.41) is 100. The van der Waals surface area contributed by atoms with Gasteiger partial charge in [-0.3, -0.25) is 0 Å². The molecule has 0 bridgehead atoms. The molecule has 21 atom stereocenters. The third-order valence-electron chi connectivity index (χ3n) is 16.5. The lowest BCUT2D eigenvalue weighted by atomic mass is 9.34. The van der Waals surface area contributed by atoms with Crippen LogP contribution < -0.4 is 0 Å². The first-order chi connectivity index (χ1) is 25.5. The van der Waals surface area contributed by atoms with E-state index in [1.54, 1.807) is 0 Å². The summed E-state index contributed by atoms with van der Waals surface area (Å²) in [4.78, 5) is 0. The number of fused-ring (bicyclic) bond motifs is 5. The number of hydrogen-bond donors (Lipinski definition) is 9. The molecule has 0 aromatic carbocycles. The Morgan fingerprint density at radius 3 is 2.13 bits per heavy atom. The summed E-state index contributed by atoms with van der Waals surface area (Å²) in [6.45, 7) is 17.8. The van der Waals surface area contributed by atoms with Crippen molar-refractivity contribution in [1.82, 2.24) is 0 Å². The second-order valence-corrected chi connectivity index (χ2v) is 20.3. The van der Waals surface area contributed by atoms with E-state index in [2.05, 4.69) is 40.7 Å². The average Bonchev–Trinajstić information content (AvgIpc) is 3.49. The maximum Gasteiger partial charge on any atom is 0.187 e. The summed E-state index contributed by atoms with van der Waals surface area (Å²) >= 11 is 0. The highest BCUT2D eigenvalue weighted by atomic mass is 16.8. The highest BCUT2D eigenvalue weighted by Gasteiger charge is 2.73. The van der Waals surface area contributed by atoms with E-state index in [0.717, 1.165) is 19.3 Å². The van der Waals surface area contributed by atoms with Crippen molar-refractivity contribution in [2.24, 2.45) is 45.3 Å². The van der Waals surface area contributed by atoms with Crippen LogP contribution >= 0.6 is 0 Å². The maximum absolute atomic E-state index is 12.3. The van der Waals surface area contributed by atoms with Crippen molar-refractivity contribution in [3.8, 4) is 0 Å². The Morgan fingerprint density at radius 2 is 1.49 bits per heavy atom. The van der Waals surface area contributed by atoms with Crippen LogP contribution in [0.1, 0.15) is 114 Å². The Morgan fingerprint density at radius 1 is 0.818 bits per heavy atom. The number of rotatable bonds is 9. The molecular weight excluding hydrogens is 712 g/mol. The van der Waals surface area contributed by atoms with Gasteiger partial charge >= 0.3 is 0 Å². The van der Waals surface area contributed by atoms with Crippen LogP contribution in [0.15, 0.2) is 11.6 Å². The fraction of sp³-hybridized carbons (Fsp3) is 0.952. The minimum atomic E-state index is -1.70. The van der Waals surface area contributed by atoms with E-state index in [9.17, 15) is 46.0 Å². The minimum Gasteiger partial charge on any atom is -0.394 e. The molecule has 2 saturated heterocycles. The van der Waals surface area contributed by atoms with Crippen molar-refractivity contribution in [2.75, 3.05) is 6.61 Å². The van der Waals surface area contributed by atoms with Crippen molar-refractivity contribution in [2.45, 2.75) is 199 Å². The van der Waals surface area contributed by atoms with Crippen LogP contribution in [-0.2, 0) is 18.9 Å². The van der Waals surface area contributed by atoms with Crippen LogP contribution in [0.5, 0.6) is 0 Å². The van der Waals surface area contributed by atoms with Crippen LogP contribution in [0.2, 0.25) is 0 Å². The van der Waals surface area contributed by atoms with E-state index >= 15 is 0 Å². The van der Waals surface area contributed by atoms with E-state index in [-0.39, 0.29) is 23.7 Å². The molecule has 318 valence electrons. The van der Waals surface area contributed by atoms with Crippen LogP contribution in [0.25, 0.3) is 0 Å². The van der Waals surface area contributed by atoms with Gasteiger partial charge in [-0.15, -0.1) is 0 Å². The SMILES string of the molecule is CC(C)=CCC[C@@](C)(O)[C@@H]1CC[C@@]2(C)[C@@H]1[C@@H](O)C[C@@H]1[C@@]3(C)CC[C@@H](O)C(C)(C)[C@@H]3[C@H](O[C@@H]3O[C@H](CO)[C@@H](O)[C@H](O)[C@H]3O[C@@H]3O[C@@H](C)[C@H](O)[C@@H](O)[C@H]3O)C[C@]12C. The number of ether oxygens (including phenoxy) is 4. The lowest BCUT2D eigenvalue weighted by Gasteiger charge is -2.72. The van der Waals surface area contributed by atoms with Gasteiger partial charge in [0.15, 0.2) is 12.6 Å². The molecule has 13 heteroatoms. The quantitative estimate of drug-likeness (QED) is 0.121. The molecule has 4 aliphatic carbocycles. The third kappa shape index (κ3) is 7.10. The highest BCUT2D eigenvalue weighted by Crippen LogP contribution is 2.76. The number of hydrogen-bond acceptors (Lipinski definition) is 13. The predicted octanol–water partition coefficient (Wildman–Crippen LogP) is 2.15. The van der Waals surface area contributed by atoms with Gasteiger partial charge in [-0.25, -0.2) is 0 Å². The summed E-state index contributed by atoms with van der Waals surface area (Å²) in [6.07, 6.45) is -8.99. The second kappa shape index (κ2) is 15.4. The van der Waals surface area contributed by atoms with E-state index < -0.39 is 114 Å². The summed E-state index contributed by atoms with van der Waals surface area (Å²) in [7, 11) is 0. The summed E-state index contributed by atoms with van der Waals surface area (Å²) in [5.41, 5.74) is -1.71. The first kappa shape index (κ1) is 43.8. The molecule has 6 aliphatic rings. The highest BCUT2D eigenvalue weighted by molar-refractivity contribution is 5.22. The molecule has 4 saturated carbocycles. The monoisotopic (exact) mass is 784 g/mol. The summed E-state index contributed by atoms with van der Waals surface area (Å²) < 4.78 is 25.1. The van der Waals surface area contributed by atoms with Crippen LogP contribution in [0.3, 0.4) is 0 Å². The molecule has 0 aromatic rings. The van der Waals surface area contributed by atoms with Crippen LogP contribution in [0, 0.1) is 45.3 Å². The van der Waals surface area contributed by atoms with Gasteiger partial charge in [0.1, 0.15) is 42.7 Å². The zero-order valence-corrected chi connectivity index (χ0v) is 34.4. The molecule has 9 N–H and O–H groups in total. The lowest BCUT2D eigenvalue weighted by molar-refractivity contribution is -0.382. The number of allylic oxidation sites excluding steroid dienone is 2. The van der Waals surface area contributed by atoms with Crippen LogP contribution in [0.4, 0.5) is 0 Å². The first-order valence-corrected chi connectivity index (χ1v) is 20.8. The molecular formula is C42H72O13. The molecule has 6 fully saturated rings. The maximum atomic E-state index is 12.3. The Kier molecular flexibility index (Phi) is 12.2. The van der Waals surface area contributed by atoms with Gasteiger partial charge in [-0.05, 0) is 124 Å². The van der Waals surface area contributed by atoms with Gasteiger partial charge in [-0.2, -0.15) is 0 Å². The molecule has 13 nitrogen and oxygen atoms in total. The number of aliphatic hydroxyl groups is 9. The third-order valence-corrected chi connectivity index (χ3v) is 16.5. The Balaban J connectivity index is 1.38. The summed E-state index contributed by atoms with van der Waals surface area (Å²) in [5.74, 6) is -0.526. The molecule has 2 aliphatic heterocycles. The standard InChI is InChI=1S/C42H72O13/c1-20(2)11-10-14-42(9,51)22-12-16-40(7)28(22)23(44)17-26-39(6)15-13-27(45)38(4,5)35(39)24(18-41(26,40)8)53-37-34(32(49)30(47)25(19-43)54-37)55-36-33(50)31(48)29(46)21(3)52-36/h11,21-37,43-51H,10,12-19H2,1-9H3/t21-,22+,23-,24+,25+,26+,27+,28-,29-,30+,31+,32-,33+,34+,35-,36-,37+,39+,40-,41+,42+/m0/s1. The fourth-order valence-corrected chi connectivity index (χ4v) is 13.3. The van der Waals surface area contributed by atoms with Crippen molar-refractivity contribution < 1.29 is 64.9 Å². The zero-order chi connectivity index (χ0) is 40.8. The smallest absolute Gasteiger partial charge is 0.187 e. The molecule has 0 spiro atoms. The average molecular weight is 785 g/mol. The van der Waals surface area contributed by atoms with Gasteiger partial charge in [0.25, 0.3) is 0 Å². The molecule has 55 heavy (non-hydrogen) atoms. The van der Waals surface area contributed by atoms with E-state index in [4.69, 9.17) is 18.9 Å². The van der Waals surface area contributed by atoms with Crippen molar-refractivity contribution in [1.29, 1.82) is 0 Å². The summed E-state index contributed by atoms with van der Waals surface area (Å²) in [6, 6.07) is 0. The predicted molar refractivity (Wildman–Crippen MR) is 201 cm³/mol. The Labute approximate surface area is 327 Å². The normalized spacial score (nSPS) is 53.4. The largest absolute Gasteiger partial charge is 0.394 e. The van der Waals surface area contributed by atoms with Crippen molar-refractivity contribution >= 4 is 0 Å². The lowest BCUT2D eigenvalue weighted by Crippen LogP contribution is -2.71. The van der Waals surface area contributed by atoms with Gasteiger partial charge in [0, 0.05) is 0 Å². The molecule has 0 unspecified atom stereocenters. The first-order valence-electron chi connectivity index (χ1n) is 20.8. The van der Waals surface area contributed by atoms with Crippen LogP contribution in [-0.4, -0.2) is 138 Å². The van der Waals surface area contributed by atoms with E-state index in [0.29, 0.717) is 32.1 Å². The Hall–Kier alpha value is -0.780.